The minimum atomic E-state index is 0.669. The van der Waals surface area contributed by atoms with Gasteiger partial charge in [0.15, 0.2) is 11.5 Å². The fourth-order valence-electron chi connectivity index (χ4n) is 2.03. The van der Waals surface area contributed by atoms with E-state index in [2.05, 4.69) is 26.0 Å². The Hall–Kier alpha value is -1.44. The highest BCUT2D eigenvalue weighted by atomic mass is 16.5. The molecule has 1 aliphatic rings. The predicted octanol–water partition coefficient (Wildman–Crippen LogP) is 3.52. The van der Waals surface area contributed by atoms with Gasteiger partial charge in [0, 0.05) is 5.56 Å². The molecule has 1 aliphatic heterocycles. The molecule has 0 spiro atoms. The largest absolute Gasteiger partial charge is 0.493 e. The van der Waals surface area contributed by atoms with Gasteiger partial charge in [-0.2, -0.15) is 0 Å². The molecule has 0 amide bonds. The summed E-state index contributed by atoms with van der Waals surface area (Å²) in [4.78, 5) is 0. The molecule has 0 aliphatic carbocycles. The molecule has 0 aromatic heterocycles. The predicted molar refractivity (Wildman–Crippen MR) is 65.9 cm³/mol. The van der Waals surface area contributed by atoms with Crippen LogP contribution in [0.5, 0.6) is 11.5 Å². The summed E-state index contributed by atoms with van der Waals surface area (Å²) in [6.45, 7) is 5.13. The Kier molecular flexibility index (Phi) is 3.18. The maximum atomic E-state index is 5.77. The van der Waals surface area contributed by atoms with Gasteiger partial charge in [-0.25, -0.2) is 0 Å². The van der Waals surface area contributed by atoms with E-state index in [1.807, 2.05) is 12.1 Å². The Morgan fingerprint density at radius 2 is 2.19 bits per heavy atom. The first-order chi connectivity index (χ1) is 7.70. The van der Waals surface area contributed by atoms with Gasteiger partial charge >= 0.3 is 0 Å². The molecule has 0 unspecified atom stereocenters. The lowest BCUT2D eigenvalue weighted by atomic mass is 9.99. The molecule has 2 nitrogen and oxygen atoms in total. The summed E-state index contributed by atoms with van der Waals surface area (Å²) in [5.74, 6) is 2.36. The van der Waals surface area contributed by atoms with Crippen LogP contribution in [0.1, 0.15) is 25.8 Å². The number of hydrogen-bond donors (Lipinski definition) is 0. The summed E-state index contributed by atoms with van der Waals surface area (Å²) < 4.78 is 11.0. The van der Waals surface area contributed by atoms with Crippen molar-refractivity contribution in [3.63, 3.8) is 0 Å². The molecule has 1 aromatic carbocycles. The minimum absolute atomic E-state index is 0.669. The van der Waals surface area contributed by atoms with E-state index in [9.17, 15) is 0 Å². The van der Waals surface area contributed by atoms with Crippen LogP contribution in [0.25, 0.3) is 6.08 Å². The van der Waals surface area contributed by atoms with Crippen molar-refractivity contribution in [1.82, 2.24) is 0 Å². The highest BCUT2D eigenvalue weighted by Gasteiger charge is 2.15. The molecule has 0 atom stereocenters. The van der Waals surface area contributed by atoms with Crippen LogP contribution < -0.4 is 9.47 Å². The number of ether oxygens (including phenoxy) is 2. The van der Waals surface area contributed by atoms with Gasteiger partial charge in [0.1, 0.15) is 6.61 Å². The lowest BCUT2D eigenvalue weighted by Gasteiger charge is -2.20. The van der Waals surface area contributed by atoms with E-state index in [4.69, 9.17) is 9.47 Å². The molecule has 0 N–H and O–H groups in total. The quantitative estimate of drug-likeness (QED) is 0.772. The second kappa shape index (κ2) is 4.60. The van der Waals surface area contributed by atoms with Crippen LogP contribution in [-0.2, 0) is 0 Å². The van der Waals surface area contributed by atoms with Crippen molar-refractivity contribution in [2.45, 2.75) is 20.3 Å². The van der Waals surface area contributed by atoms with Crippen molar-refractivity contribution >= 4 is 6.08 Å². The topological polar surface area (TPSA) is 18.5 Å². The van der Waals surface area contributed by atoms with Crippen LogP contribution in [0.2, 0.25) is 0 Å². The Morgan fingerprint density at radius 1 is 1.38 bits per heavy atom. The van der Waals surface area contributed by atoms with Gasteiger partial charge in [0.2, 0.25) is 0 Å². The van der Waals surface area contributed by atoms with Crippen molar-refractivity contribution in [2.75, 3.05) is 13.7 Å². The van der Waals surface area contributed by atoms with Crippen molar-refractivity contribution in [3.8, 4) is 11.5 Å². The second-order valence-corrected chi connectivity index (χ2v) is 4.57. The van der Waals surface area contributed by atoms with Crippen LogP contribution in [0.4, 0.5) is 0 Å². The summed E-state index contributed by atoms with van der Waals surface area (Å²) in [6.07, 6.45) is 3.32. The number of benzene rings is 1. The fourth-order valence-corrected chi connectivity index (χ4v) is 2.03. The van der Waals surface area contributed by atoms with Gasteiger partial charge in [-0.3, -0.25) is 0 Å². The smallest absolute Gasteiger partial charge is 0.168 e. The zero-order chi connectivity index (χ0) is 11.5. The summed E-state index contributed by atoms with van der Waals surface area (Å²) in [6, 6.07) is 5.99. The van der Waals surface area contributed by atoms with Crippen LogP contribution in [-0.4, -0.2) is 13.7 Å². The first-order valence-electron chi connectivity index (χ1n) is 5.70. The molecule has 0 saturated carbocycles. The van der Waals surface area contributed by atoms with Gasteiger partial charge in [-0.15, -0.1) is 0 Å². The highest BCUT2D eigenvalue weighted by molar-refractivity contribution is 5.66. The van der Waals surface area contributed by atoms with Crippen LogP contribution in [0.15, 0.2) is 23.8 Å². The molecule has 2 heteroatoms. The maximum Gasteiger partial charge on any atom is 0.168 e. The molecular formula is C14H18O2. The average Bonchev–Trinajstić information content (AvgIpc) is 2.27. The monoisotopic (exact) mass is 218 g/mol. The molecule has 16 heavy (non-hydrogen) atoms. The van der Waals surface area contributed by atoms with Crippen molar-refractivity contribution in [1.29, 1.82) is 0 Å². The summed E-state index contributed by atoms with van der Waals surface area (Å²) in [5, 5.41) is 0. The number of methoxy groups -OCH3 is 1. The average molecular weight is 218 g/mol. The fraction of sp³-hybridized carbons (Fsp3) is 0.429. The van der Waals surface area contributed by atoms with E-state index in [1.165, 1.54) is 5.57 Å². The van der Waals surface area contributed by atoms with Gasteiger partial charge < -0.3 is 9.47 Å². The Morgan fingerprint density at radius 3 is 2.88 bits per heavy atom. The summed E-state index contributed by atoms with van der Waals surface area (Å²) in [5.41, 5.74) is 2.48. The minimum Gasteiger partial charge on any atom is -0.493 e. The van der Waals surface area contributed by atoms with Crippen molar-refractivity contribution in [3.05, 3.63) is 29.3 Å². The summed E-state index contributed by atoms with van der Waals surface area (Å²) in [7, 11) is 1.67. The third-order valence-corrected chi connectivity index (χ3v) is 2.66. The maximum absolute atomic E-state index is 5.77. The third kappa shape index (κ3) is 2.21. The Labute approximate surface area is 96.9 Å². The highest BCUT2D eigenvalue weighted by Crippen LogP contribution is 2.36. The molecule has 86 valence electrons. The van der Waals surface area contributed by atoms with Gasteiger partial charge in [-0.05, 0) is 30.1 Å². The normalized spacial score (nSPS) is 14.1. The lowest BCUT2D eigenvalue weighted by Crippen LogP contribution is -2.10. The molecular weight excluding hydrogens is 200 g/mol. The van der Waals surface area contributed by atoms with E-state index in [-0.39, 0.29) is 0 Å². The Balaban J connectivity index is 2.30. The molecule has 0 radical (unpaired) electrons. The van der Waals surface area contributed by atoms with Crippen LogP contribution in [0, 0.1) is 5.92 Å². The zero-order valence-corrected chi connectivity index (χ0v) is 10.1. The molecule has 0 saturated heterocycles. The van der Waals surface area contributed by atoms with E-state index in [1.54, 1.807) is 7.11 Å². The molecule has 1 aromatic rings. The number of para-hydroxylation sites is 1. The molecule has 2 rings (SSSR count). The first-order valence-corrected chi connectivity index (χ1v) is 5.70. The number of rotatable bonds is 3. The summed E-state index contributed by atoms with van der Waals surface area (Å²) >= 11 is 0. The van der Waals surface area contributed by atoms with E-state index in [0.29, 0.717) is 12.5 Å². The molecule has 0 bridgehead atoms. The van der Waals surface area contributed by atoms with Crippen LogP contribution in [0.3, 0.4) is 0 Å². The van der Waals surface area contributed by atoms with E-state index >= 15 is 0 Å². The van der Waals surface area contributed by atoms with Gasteiger partial charge in [-0.1, -0.05) is 26.0 Å². The van der Waals surface area contributed by atoms with Crippen molar-refractivity contribution in [2.24, 2.45) is 5.92 Å². The Bertz CT molecular complexity index is 405. The SMILES string of the molecule is COc1cccc2c1OCC(CC(C)C)=C2. The molecule has 0 fully saturated rings. The third-order valence-electron chi connectivity index (χ3n) is 2.66. The standard InChI is InChI=1S/C14H18O2/c1-10(2)7-11-8-12-5-4-6-13(15-3)14(12)16-9-11/h4-6,8,10H,7,9H2,1-3H3. The zero-order valence-electron chi connectivity index (χ0n) is 10.1. The molecule has 1 heterocycles. The number of fused-ring (bicyclic) bond motifs is 1. The van der Waals surface area contributed by atoms with E-state index in [0.717, 1.165) is 23.5 Å². The van der Waals surface area contributed by atoms with Gasteiger partial charge in [0.05, 0.1) is 7.11 Å². The second-order valence-electron chi connectivity index (χ2n) is 4.57. The number of hydrogen-bond acceptors (Lipinski definition) is 2. The lowest BCUT2D eigenvalue weighted by molar-refractivity contribution is 0.309. The van der Waals surface area contributed by atoms with E-state index < -0.39 is 0 Å². The first kappa shape index (κ1) is 11.1. The van der Waals surface area contributed by atoms with Crippen LogP contribution >= 0.6 is 0 Å². The van der Waals surface area contributed by atoms with Crippen molar-refractivity contribution < 1.29 is 9.47 Å². The van der Waals surface area contributed by atoms with Gasteiger partial charge in [0.25, 0.3) is 0 Å².